The van der Waals surface area contributed by atoms with Gasteiger partial charge in [-0.2, -0.15) is 0 Å². The summed E-state index contributed by atoms with van der Waals surface area (Å²) in [6.07, 6.45) is 1.12. The van der Waals surface area contributed by atoms with E-state index in [1.165, 1.54) is 0 Å². The molecule has 3 atom stereocenters. The van der Waals surface area contributed by atoms with Crippen LogP contribution in [-0.2, 0) is 9.47 Å². The number of morpholine rings is 1. The van der Waals surface area contributed by atoms with Gasteiger partial charge in [-0.25, -0.2) is 0 Å². The van der Waals surface area contributed by atoms with Crippen molar-refractivity contribution in [3.63, 3.8) is 0 Å². The summed E-state index contributed by atoms with van der Waals surface area (Å²) in [5, 5.41) is 3.41. The predicted octanol–water partition coefficient (Wildman–Crippen LogP) is 0.0840. The number of rotatable bonds is 2. The monoisotopic (exact) mass is 214 g/mol. The van der Waals surface area contributed by atoms with Gasteiger partial charge in [-0.05, 0) is 20.4 Å². The fourth-order valence-corrected chi connectivity index (χ4v) is 2.62. The molecule has 1 N–H and O–H groups in total. The lowest BCUT2D eigenvalue weighted by atomic mass is 10.00. The Morgan fingerprint density at radius 2 is 2.00 bits per heavy atom. The molecule has 15 heavy (non-hydrogen) atoms. The Morgan fingerprint density at radius 1 is 1.20 bits per heavy atom. The fourth-order valence-electron chi connectivity index (χ4n) is 2.62. The zero-order valence-corrected chi connectivity index (χ0v) is 9.74. The van der Waals surface area contributed by atoms with E-state index in [1.807, 2.05) is 7.05 Å². The summed E-state index contributed by atoms with van der Waals surface area (Å²) >= 11 is 0. The first-order valence-corrected chi connectivity index (χ1v) is 5.91. The van der Waals surface area contributed by atoms with Crippen LogP contribution in [0.4, 0.5) is 0 Å². The number of nitrogens with one attached hydrogen (secondary N) is 1. The number of nitrogens with zero attached hydrogens (tertiary/aromatic N) is 1. The molecule has 0 amide bonds. The molecule has 0 spiro atoms. The predicted molar refractivity (Wildman–Crippen MR) is 59.1 cm³/mol. The molecule has 0 aromatic heterocycles. The number of hydrogen-bond acceptors (Lipinski definition) is 4. The summed E-state index contributed by atoms with van der Waals surface area (Å²) in [6, 6.07) is 1.60. The highest BCUT2D eigenvalue weighted by atomic mass is 16.5. The minimum absolute atomic E-state index is 0.515. The maximum absolute atomic E-state index is 5.59. The fraction of sp³-hybridized carbons (Fsp3) is 1.00. The molecule has 3 unspecified atom stereocenters. The van der Waals surface area contributed by atoms with Crippen molar-refractivity contribution in [2.45, 2.75) is 31.5 Å². The van der Waals surface area contributed by atoms with E-state index >= 15 is 0 Å². The van der Waals surface area contributed by atoms with Crippen LogP contribution < -0.4 is 5.32 Å². The SMILES string of the molecule is CNC1CCOCC1N1CCOCC1C. The van der Waals surface area contributed by atoms with Gasteiger partial charge in [-0.3, -0.25) is 4.90 Å². The molecule has 2 heterocycles. The first kappa shape index (κ1) is 11.3. The third-order valence-corrected chi connectivity index (χ3v) is 3.54. The van der Waals surface area contributed by atoms with Crippen molar-refractivity contribution in [3.05, 3.63) is 0 Å². The maximum Gasteiger partial charge on any atom is 0.0637 e. The smallest absolute Gasteiger partial charge is 0.0637 e. The van der Waals surface area contributed by atoms with Crippen molar-refractivity contribution in [1.82, 2.24) is 10.2 Å². The molecule has 0 bridgehead atoms. The standard InChI is InChI=1S/C11H22N2O2/c1-9-7-15-6-4-13(9)11-8-14-5-3-10(11)12-2/h9-12H,3-8H2,1-2H3. The highest BCUT2D eigenvalue weighted by Crippen LogP contribution is 2.18. The van der Waals surface area contributed by atoms with Gasteiger partial charge < -0.3 is 14.8 Å². The van der Waals surface area contributed by atoms with E-state index in [1.54, 1.807) is 0 Å². The van der Waals surface area contributed by atoms with Crippen LogP contribution in [0.15, 0.2) is 0 Å². The number of likely N-dealkylation sites (N-methyl/N-ethyl adjacent to an activating group) is 1. The van der Waals surface area contributed by atoms with Crippen LogP contribution in [0.3, 0.4) is 0 Å². The minimum atomic E-state index is 0.515. The van der Waals surface area contributed by atoms with Crippen LogP contribution in [-0.4, -0.2) is 63.0 Å². The molecule has 0 radical (unpaired) electrons. The minimum Gasteiger partial charge on any atom is -0.380 e. The van der Waals surface area contributed by atoms with Crippen molar-refractivity contribution in [2.75, 3.05) is 40.0 Å². The molecule has 4 heteroatoms. The highest BCUT2D eigenvalue weighted by molar-refractivity contribution is 4.89. The number of ether oxygens (including phenoxy) is 2. The molecule has 88 valence electrons. The van der Waals surface area contributed by atoms with E-state index in [9.17, 15) is 0 Å². The molecule has 0 saturated carbocycles. The lowest BCUT2D eigenvalue weighted by Crippen LogP contribution is -2.60. The van der Waals surface area contributed by atoms with E-state index < -0.39 is 0 Å². The van der Waals surface area contributed by atoms with Crippen LogP contribution in [0.2, 0.25) is 0 Å². The van der Waals surface area contributed by atoms with Crippen LogP contribution in [0.5, 0.6) is 0 Å². The first-order chi connectivity index (χ1) is 7.33. The molecular formula is C11H22N2O2. The summed E-state index contributed by atoms with van der Waals surface area (Å²) in [5.41, 5.74) is 0. The van der Waals surface area contributed by atoms with E-state index in [2.05, 4.69) is 17.1 Å². The average Bonchev–Trinajstić information content (AvgIpc) is 2.30. The third-order valence-electron chi connectivity index (χ3n) is 3.54. The van der Waals surface area contributed by atoms with Gasteiger partial charge in [-0.15, -0.1) is 0 Å². The Hall–Kier alpha value is -0.160. The van der Waals surface area contributed by atoms with Gasteiger partial charge in [0.25, 0.3) is 0 Å². The Morgan fingerprint density at radius 3 is 2.73 bits per heavy atom. The zero-order valence-electron chi connectivity index (χ0n) is 9.74. The van der Waals surface area contributed by atoms with Gasteiger partial charge in [0, 0.05) is 31.3 Å². The van der Waals surface area contributed by atoms with Gasteiger partial charge >= 0.3 is 0 Å². The molecule has 0 aliphatic carbocycles. The van der Waals surface area contributed by atoms with E-state index in [4.69, 9.17) is 9.47 Å². The van der Waals surface area contributed by atoms with E-state index in [-0.39, 0.29) is 0 Å². The Kier molecular flexibility index (Phi) is 3.97. The van der Waals surface area contributed by atoms with Crippen LogP contribution in [0.1, 0.15) is 13.3 Å². The second kappa shape index (κ2) is 5.25. The van der Waals surface area contributed by atoms with Crippen molar-refractivity contribution in [3.8, 4) is 0 Å². The topological polar surface area (TPSA) is 33.7 Å². The van der Waals surface area contributed by atoms with Crippen molar-refractivity contribution < 1.29 is 9.47 Å². The van der Waals surface area contributed by atoms with Gasteiger partial charge in [0.2, 0.25) is 0 Å². The maximum atomic E-state index is 5.59. The molecule has 4 nitrogen and oxygen atoms in total. The van der Waals surface area contributed by atoms with Crippen LogP contribution in [0, 0.1) is 0 Å². The average molecular weight is 214 g/mol. The summed E-state index contributed by atoms with van der Waals surface area (Å²) < 4.78 is 11.1. The second-order valence-electron chi connectivity index (χ2n) is 4.49. The molecule has 2 rings (SSSR count). The molecule has 2 saturated heterocycles. The van der Waals surface area contributed by atoms with Crippen molar-refractivity contribution in [2.24, 2.45) is 0 Å². The highest BCUT2D eigenvalue weighted by Gasteiger charge is 2.33. The number of hydrogen-bond donors (Lipinski definition) is 1. The van der Waals surface area contributed by atoms with Crippen LogP contribution in [0.25, 0.3) is 0 Å². The lowest BCUT2D eigenvalue weighted by Gasteiger charge is -2.44. The second-order valence-corrected chi connectivity index (χ2v) is 4.49. The normalized spacial score (nSPS) is 39.2. The summed E-state index contributed by atoms with van der Waals surface area (Å²) in [6.45, 7) is 6.73. The lowest BCUT2D eigenvalue weighted by molar-refractivity contribution is -0.0698. The third kappa shape index (κ3) is 2.50. The Bertz CT molecular complexity index is 201. The van der Waals surface area contributed by atoms with E-state index in [0.29, 0.717) is 18.1 Å². The summed E-state index contributed by atoms with van der Waals surface area (Å²) in [4.78, 5) is 2.53. The van der Waals surface area contributed by atoms with Gasteiger partial charge in [0.15, 0.2) is 0 Å². The first-order valence-electron chi connectivity index (χ1n) is 5.91. The molecule has 2 fully saturated rings. The molecule has 0 aromatic carbocycles. The quantitative estimate of drug-likeness (QED) is 0.706. The summed E-state index contributed by atoms with van der Waals surface area (Å²) in [5.74, 6) is 0. The van der Waals surface area contributed by atoms with Gasteiger partial charge in [0.05, 0.1) is 19.8 Å². The van der Waals surface area contributed by atoms with Gasteiger partial charge in [-0.1, -0.05) is 0 Å². The molecule has 2 aliphatic rings. The largest absolute Gasteiger partial charge is 0.380 e. The molecule has 2 aliphatic heterocycles. The zero-order chi connectivity index (χ0) is 10.7. The summed E-state index contributed by atoms with van der Waals surface area (Å²) in [7, 11) is 2.05. The molecule has 0 aromatic rings. The van der Waals surface area contributed by atoms with Gasteiger partial charge in [0.1, 0.15) is 0 Å². The van der Waals surface area contributed by atoms with Crippen molar-refractivity contribution in [1.29, 1.82) is 0 Å². The van der Waals surface area contributed by atoms with Crippen molar-refractivity contribution >= 4 is 0 Å². The van der Waals surface area contributed by atoms with Crippen LogP contribution >= 0.6 is 0 Å². The molecular weight excluding hydrogens is 192 g/mol. The Balaban J connectivity index is 1.99. The Labute approximate surface area is 91.9 Å². The van der Waals surface area contributed by atoms with E-state index in [0.717, 1.165) is 39.4 Å².